The highest BCUT2D eigenvalue weighted by molar-refractivity contribution is 7.92. The van der Waals surface area contributed by atoms with E-state index in [9.17, 15) is 13.2 Å². The van der Waals surface area contributed by atoms with Crippen LogP contribution in [0.25, 0.3) is 0 Å². The minimum atomic E-state index is -3.49. The molecule has 0 radical (unpaired) electrons. The number of anilines is 2. The molecule has 0 saturated carbocycles. The highest BCUT2D eigenvalue weighted by Gasteiger charge is 2.13. The summed E-state index contributed by atoms with van der Waals surface area (Å²) in [5.41, 5.74) is 1.30. The molecule has 0 spiro atoms. The maximum absolute atomic E-state index is 12.2. The summed E-state index contributed by atoms with van der Waals surface area (Å²) in [6.45, 7) is 4.00. The lowest BCUT2D eigenvalue weighted by molar-refractivity contribution is 0.102. The number of rotatable bonds is 5. The van der Waals surface area contributed by atoms with E-state index in [0.717, 1.165) is 11.9 Å². The minimum Gasteiger partial charge on any atom is -0.305 e. The van der Waals surface area contributed by atoms with E-state index in [-0.39, 0.29) is 22.2 Å². The lowest BCUT2D eigenvalue weighted by Gasteiger charge is -2.08. The first kappa shape index (κ1) is 17.3. The zero-order valence-corrected chi connectivity index (χ0v) is 14.4. The largest absolute Gasteiger partial charge is 0.305 e. The molecule has 0 aliphatic carbocycles. The number of aromatic nitrogens is 2. The van der Waals surface area contributed by atoms with Gasteiger partial charge >= 0.3 is 0 Å². The van der Waals surface area contributed by atoms with E-state index in [4.69, 9.17) is 11.6 Å². The number of sulfonamides is 1. The first-order valence-corrected chi connectivity index (χ1v) is 9.06. The Bertz CT molecular complexity index is 830. The zero-order chi connectivity index (χ0) is 17.2. The van der Waals surface area contributed by atoms with E-state index in [1.807, 2.05) is 13.8 Å². The number of nitrogens with one attached hydrogen (secondary N) is 3. The molecule has 0 atom stereocenters. The summed E-state index contributed by atoms with van der Waals surface area (Å²) in [4.78, 5) is 12.2. The van der Waals surface area contributed by atoms with Gasteiger partial charge in [0.1, 0.15) is 0 Å². The third-order valence-electron chi connectivity index (χ3n) is 2.99. The van der Waals surface area contributed by atoms with Crippen LogP contribution in [0.1, 0.15) is 35.8 Å². The fourth-order valence-corrected chi connectivity index (χ4v) is 2.62. The molecule has 7 nitrogen and oxygen atoms in total. The van der Waals surface area contributed by atoms with Crippen molar-refractivity contribution in [1.82, 2.24) is 10.2 Å². The normalized spacial score (nSPS) is 11.5. The van der Waals surface area contributed by atoms with Crippen LogP contribution in [0.15, 0.2) is 24.3 Å². The van der Waals surface area contributed by atoms with Gasteiger partial charge < -0.3 is 5.32 Å². The van der Waals surface area contributed by atoms with Crippen molar-refractivity contribution in [1.29, 1.82) is 0 Å². The lowest BCUT2D eigenvalue weighted by atomic mass is 10.1. The Balaban J connectivity index is 2.20. The fraction of sp³-hybridized carbons (Fsp3) is 0.286. The topological polar surface area (TPSA) is 104 Å². The highest BCUT2D eigenvalue weighted by Crippen LogP contribution is 2.24. The van der Waals surface area contributed by atoms with Crippen LogP contribution in [-0.2, 0) is 10.0 Å². The quantitative estimate of drug-likeness (QED) is 0.766. The summed E-state index contributed by atoms with van der Waals surface area (Å²) in [6.07, 6.45) is 1.01. The van der Waals surface area contributed by atoms with Gasteiger partial charge in [-0.05, 0) is 24.1 Å². The van der Waals surface area contributed by atoms with Crippen molar-refractivity contribution in [2.24, 2.45) is 0 Å². The molecule has 0 aliphatic heterocycles. The Morgan fingerprint density at radius 2 is 2.00 bits per heavy atom. The molecule has 3 N–H and O–H groups in total. The van der Waals surface area contributed by atoms with Gasteiger partial charge in [0.25, 0.3) is 5.91 Å². The van der Waals surface area contributed by atoms with Crippen molar-refractivity contribution >= 4 is 39.0 Å². The highest BCUT2D eigenvalue weighted by atomic mass is 35.5. The van der Waals surface area contributed by atoms with Gasteiger partial charge in [-0.1, -0.05) is 25.4 Å². The van der Waals surface area contributed by atoms with Crippen molar-refractivity contribution < 1.29 is 13.2 Å². The first-order valence-electron chi connectivity index (χ1n) is 6.79. The molecule has 1 amide bonds. The van der Waals surface area contributed by atoms with E-state index in [1.165, 1.54) is 18.2 Å². The summed E-state index contributed by atoms with van der Waals surface area (Å²) < 4.78 is 24.9. The average molecular weight is 357 g/mol. The number of amides is 1. The van der Waals surface area contributed by atoms with Gasteiger partial charge in [0.05, 0.1) is 17.0 Å². The summed E-state index contributed by atoms with van der Waals surface area (Å²) in [7, 11) is -3.49. The standard InChI is InChI=1S/C14H17ClN4O3S/c1-8(2)11-7-13(18-17-11)16-14(20)9-4-5-10(15)12(6-9)19-23(3,21)22/h4-8,19H,1-3H3,(H2,16,17,18,20). The van der Waals surface area contributed by atoms with Crippen LogP contribution in [0.4, 0.5) is 11.5 Å². The molecule has 0 unspecified atom stereocenters. The summed E-state index contributed by atoms with van der Waals surface area (Å²) in [5, 5.41) is 9.69. The molecule has 1 aromatic carbocycles. The third-order valence-corrected chi connectivity index (χ3v) is 3.91. The van der Waals surface area contributed by atoms with Crippen LogP contribution in [0.5, 0.6) is 0 Å². The first-order chi connectivity index (χ1) is 10.7. The molecule has 1 aromatic heterocycles. The smallest absolute Gasteiger partial charge is 0.256 e. The van der Waals surface area contributed by atoms with E-state index in [2.05, 4.69) is 20.2 Å². The van der Waals surface area contributed by atoms with Crippen molar-refractivity contribution in [2.75, 3.05) is 16.3 Å². The molecule has 0 bridgehead atoms. The summed E-state index contributed by atoms with van der Waals surface area (Å²) in [5.74, 6) is 0.237. The van der Waals surface area contributed by atoms with Crippen LogP contribution in [-0.4, -0.2) is 30.8 Å². The van der Waals surface area contributed by atoms with E-state index in [1.54, 1.807) is 6.07 Å². The van der Waals surface area contributed by atoms with Crippen LogP contribution < -0.4 is 10.0 Å². The Labute approximate surface area is 139 Å². The average Bonchev–Trinajstić information content (AvgIpc) is 2.88. The zero-order valence-electron chi connectivity index (χ0n) is 12.8. The van der Waals surface area contributed by atoms with E-state index >= 15 is 0 Å². The van der Waals surface area contributed by atoms with Gasteiger partial charge in [0.15, 0.2) is 5.82 Å². The molecule has 2 rings (SSSR count). The molecular formula is C14H17ClN4O3S. The Morgan fingerprint density at radius 3 is 2.57 bits per heavy atom. The maximum atomic E-state index is 12.2. The van der Waals surface area contributed by atoms with E-state index in [0.29, 0.717) is 5.82 Å². The molecule has 23 heavy (non-hydrogen) atoms. The van der Waals surface area contributed by atoms with Gasteiger partial charge in [0.2, 0.25) is 10.0 Å². The molecule has 0 fully saturated rings. The van der Waals surface area contributed by atoms with Crippen LogP contribution in [0.3, 0.4) is 0 Å². The summed E-state index contributed by atoms with van der Waals surface area (Å²) in [6, 6.07) is 6.07. The van der Waals surface area contributed by atoms with Crippen molar-refractivity contribution in [3.63, 3.8) is 0 Å². The van der Waals surface area contributed by atoms with E-state index < -0.39 is 15.9 Å². The monoisotopic (exact) mass is 356 g/mol. The number of benzene rings is 1. The molecule has 0 aliphatic rings. The Hall–Kier alpha value is -2.06. The lowest BCUT2D eigenvalue weighted by Crippen LogP contribution is -2.14. The van der Waals surface area contributed by atoms with Crippen molar-refractivity contribution in [2.45, 2.75) is 19.8 Å². The number of halogens is 1. The van der Waals surface area contributed by atoms with Crippen LogP contribution in [0.2, 0.25) is 5.02 Å². The van der Waals surface area contributed by atoms with Gasteiger partial charge in [-0.3, -0.25) is 14.6 Å². The van der Waals surface area contributed by atoms with Crippen molar-refractivity contribution in [3.8, 4) is 0 Å². The molecule has 2 aromatic rings. The maximum Gasteiger partial charge on any atom is 0.256 e. The molecule has 9 heteroatoms. The van der Waals surface area contributed by atoms with Crippen molar-refractivity contribution in [3.05, 3.63) is 40.5 Å². The molecule has 1 heterocycles. The second-order valence-corrected chi connectivity index (χ2v) is 7.54. The number of carbonyl (C=O) groups excluding carboxylic acids is 1. The summed E-state index contributed by atoms with van der Waals surface area (Å²) >= 11 is 5.93. The number of nitrogens with zero attached hydrogens (tertiary/aromatic N) is 1. The van der Waals surface area contributed by atoms with Gasteiger partial charge in [-0.2, -0.15) is 5.10 Å². The van der Waals surface area contributed by atoms with Crippen LogP contribution >= 0.6 is 11.6 Å². The number of H-pyrrole nitrogens is 1. The minimum absolute atomic E-state index is 0.145. The predicted octanol–water partition coefficient (Wildman–Crippen LogP) is 2.81. The fourth-order valence-electron chi connectivity index (χ4n) is 1.83. The van der Waals surface area contributed by atoms with Gasteiger partial charge in [-0.25, -0.2) is 8.42 Å². The molecule has 124 valence electrons. The molecule has 0 saturated heterocycles. The second kappa shape index (κ2) is 6.59. The van der Waals surface area contributed by atoms with Gasteiger partial charge in [0, 0.05) is 17.3 Å². The Kier molecular flexibility index (Phi) is 4.96. The third kappa shape index (κ3) is 4.70. The number of aromatic amines is 1. The predicted molar refractivity (Wildman–Crippen MR) is 90.5 cm³/mol. The van der Waals surface area contributed by atoms with Crippen LogP contribution in [0, 0.1) is 0 Å². The second-order valence-electron chi connectivity index (χ2n) is 5.39. The number of hydrogen-bond donors (Lipinski definition) is 3. The number of carbonyl (C=O) groups is 1. The molecular weight excluding hydrogens is 340 g/mol. The Morgan fingerprint density at radius 1 is 1.30 bits per heavy atom. The number of hydrogen-bond acceptors (Lipinski definition) is 4. The SMILES string of the molecule is CC(C)c1cc(NC(=O)c2ccc(Cl)c(NS(C)(=O)=O)c2)n[nH]1. The van der Waals surface area contributed by atoms with Gasteiger partial charge in [-0.15, -0.1) is 0 Å².